The van der Waals surface area contributed by atoms with Gasteiger partial charge in [-0.3, -0.25) is 4.79 Å². The molecule has 2 aromatic rings. The second-order valence-corrected chi connectivity index (χ2v) is 5.50. The third-order valence-electron chi connectivity index (χ3n) is 3.20. The van der Waals surface area contributed by atoms with Crippen LogP contribution in [0.5, 0.6) is 5.75 Å². The van der Waals surface area contributed by atoms with Crippen LogP contribution in [0, 0.1) is 0 Å². The maximum Gasteiger partial charge on any atom is 0.258 e. The summed E-state index contributed by atoms with van der Waals surface area (Å²) in [5.41, 5.74) is 6.92. The highest BCUT2D eigenvalue weighted by Gasteiger charge is 2.14. The summed E-state index contributed by atoms with van der Waals surface area (Å²) in [6, 6.07) is 11.9. The normalized spacial score (nSPS) is 12.4. The fourth-order valence-electron chi connectivity index (χ4n) is 2.28. The highest BCUT2D eigenvalue weighted by Crippen LogP contribution is 2.32. The highest BCUT2D eigenvalue weighted by atomic mass is 16.5. The van der Waals surface area contributed by atoms with Gasteiger partial charge < -0.3 is 15.8 Å². The second kappa shape index (κ2) is 6.59. The minimum absolute atomic E-state index is 0.00803. The van der Waals surface area contributed by atoms with Gasteiger partial charge in [-0.15, -0.1) is 0 Å². The summed E-state index contributed by atoms with van der Waals surface area (Å²) >= 11 is 0. The van der Waals surface area contributed by atoms with Crippen molar-refractivity contribution in [3.63, 3.8) is 0 Å². The molecule has 0 aromatic heterocycles. The number of hydrogen-bond acceptors (Lipinski definition) is 3. The van der Waals surface area contributed by atoms with Crippen LogP contribution in [0.4, 0.5) is 0 Å². The van der Waals surface area contributed by atoms with Crippen LogP contribution >= 0.6 is 0 Å². The van der Waals surface area contributed by atoms with Crippen LogP contribution in [0.2, 0.25) is 0 Å². The molecule has 0 aliphatic carbocycles. The van der Waals surface area contributed by atoms with E-state index >= 15 is 0 Å². The summed E-state index contributed by atoms with van der Waals surface area (Å²) < 4.78 is 5.78. The summed E-state index contributed by atoms with van der Waals surface area (Å²) in [7, 11) is 0. The van der Waals surface area contributed by atoms with Gasteiger partial charge in [0.05, 0.1) is 0 Å². The van der Waals surface area contributed by atoms with Crippen LogP contribution in [0.25, 0.3) is 10.8 Å². The lowest BCUT2D eigenvalue weighted by Gasteiger charge is -2.17. The molecule has 3 N–H and O–H groups in total. The summed E-state index contributed by atoms with van der Waals surface area (Å²) in [5, 5.41) is 4.86. The monoisotopic (exact) mass is 286 g/mol. The SMILES string of the molecule is CC(C)NC(=O)COc1c(C(C)N)ccc2ccccc12. The first-order valence-corrected chi connectivity index (χ1v) is 7.18. The lowest BCUT2D eigenvalue weighted by molar-refractivity contribution is -0.123. The summed E-state index contributed by atoms with van der Waals surface area (Å²) in [6.07, 6.45) is 0. The molecule has 0 spiro atoms. The zero-order valence-electron chi connectivity index (χ0n) is 12.7. The molecule has 0 heterocycles. The van der Waals surface area contributed by atoms with Gasteiger partial charge in [-0.05, 0) is 26.2 Å². The van der Waals surface area contributed by atoms with Crippen molar-refractivity contribution in [1.29, 1.82) is 0 Å². The molecule has 1 atom stereocenters. The molecule has 4 nitrogen and oxygen atoms in total. The first-order chi connectivity index (χ1) is 9.99. The van der Waals surface area contributed by atoms with Gasteiger partial charge in [0.15, 0.2) is 6.61 Å². The van der Waals surface area contributed by atoms with E-state index in [0.29, 0.717) is 5.75 Å². The van der Waals surface area contributed by atoms with Crippen molar-refractivity contribution in [3.8, 4) is 5.75 Å². The van der Waals surface area contributed by atoms with Crippen LogP contribution in [0.1, 0.15) is 32.4 Å². The van der Waals surface area contributed by atoms with E-state index in [-0.39, 0.29) is 24.6 Å². The van der Waals surface area contributed by atoms with Gasteiger partial charge in [0.25, 0.3) is 5.91 Å². The van der Waals surface area contributed by atoms with Crippen molar-refractivity contribution in [1.82, 2.24) is 5.32 Å². The molecule has 112 valence electrons. The Kier molecular flexibility index (Phi) is 4.81. The van der Waals surface area contributed by atoms with E-state index < -0.39 is 0 Å². The van der Waals surface area contributed by atoms with Crippen LogP contribution in [0.3, 0.4) is 0 Å². The van der Waals surface area contributed by atoms with E-state index in [4.69, 9.17) is 10.5 Å². The average molecular weight is 286 g/mol. The fourth-order valence-corrected chi connectivity index (χ4v) is 2.28. The minimum Gasteiger partial charge on any atom is -0.483 e. The first kappa shape index (κ1) is 15.3. The van der Waals surface area contributed by atoms with Crippen LogP contribution < -0.4 is 15.8 Å². The Morgan fingerprint density at radius 1 is 1.19 bits per heavy atom. The Labute approximate surface area is 125 Å². The molecular weight excluding hydrogens is 264 g/mol. The van der Waals surface area contributed by atoms with Gasteiger partial charge in [-0.25, -0.2) is 0 Å². The molecular formula is C17H22N2O2. The zero-order valence-corrected chi connectivity index (χ0v) is 12.7. The molecule has 0 saturated carbocycles. The average Bonchev–Trinajstić information content (AvgIpc) is 2.43. The van der Waals surface area contributed by atoms with Crippen LogP contribution in [0.15, 0.2) is 36.4 Å². The number of benzene rings is 2. The molecule has 0 saturated heterocycles. The molecule has 0 aliphatic heterocycles. The number of hydrogen-bond donors (Lipinski definition) is 2. The maximum absolute atomic E-state index is 11.8. The zero-order chi connectivity index (χ0) is 15.4. The van der Waals surface area contributed by atoms with E-state index in [9.17, 15) is 4.79 Å². The number of nitrogens with two attached hydrogens (primary N) is 1. The van der Waals surface area contributed by atoms with Crippen LogP contribution in [-0.4, -0.2) is 18.6 Å². The lowest BCUT2D eigenvalue weighted by Crippen LogP contribution is -2.34. The number of fused-ring (bicyclic) bond motifs is 1. The largest absolute Gasteiger partial charge is 0.483 e. The molecule has 21 heavy (non-hydrogen) atoms. The van der Waals surface area contributed by atoms with E-state index in [1.165, 1.54) is 0 Å². The van der Waals surface area contributed by atoms with Crippen molar-refractivity contribution >= 4 is 16.7 Å². The number of rotatable bonds is 5. The van der Waals surface area contributed by atoms with Gasteiger partial charge in [-0.2, -0.15) is 0 Å². The van der Waals surface area contributed by atoms with Gasteiger partial charge in [0.1, 0.15) is 5.75 Å². The number of amides is 1. The van der Waals surface area contributed by atoms with Crippen molar-refractivity contribution in [2.24, 2.45) is 5.73 Å². The topological polar surface area (TPSA) is 64.3 Å². The maximum atomic E-state index is 11.8. The van der Waals surface area contributed by atoms with E-state index in [2.05, 4.69) is 5.32 Å². The van der Waals surface area contributed by atoms with Gasteiger partial charge in [0, 0.05) is 23.0 Å². The van der Waals surface area contributed by atoms with Crippen molar-refractivity contribution in [2.45, 2.75) is 32.9 Å². The number of carbonyl (C=O) groups is 1. The van der Waals surface area contributed by atoms with Gasteiger partial charge in [-0.1, -0.05) is 36.4 Å². The number of ether oxygens (including phenoxy) is 1. The minimum atomic E-state index is -0.155. The number of nitrogens with one attached hydrogen (secondary N) is 1. The van der Waals surface area contributed by atoms with Gasteiger partial charge >= 0.3 is 0 Å². The Morgan fingerprint density at radius 2 is 1.90 bits per heavy atom. The van der Waals surface area contributed by atoms with Crippen molar-refractivity contribution in [2.75, 3.05) is 6.61 Å². The van der Waals surface area contributed by atoms with Crippen molar-refractivity contribution < 1.29 is 9.53 Å². The molecule has 2 aromatic carbocycles. The molecule has 0 radical (unpaired) electrons. The highest BCUT2D eigenvalue weighted by molar-refractivity contribution is 5.90. The summed E-state index contributed by atoms with van der Waals surface area (Å²) in [5.74, 6) is 0.565. The molecule has 2 rings (SSSR count). The Hall–Kier alpha value is -2.07. The standard InChI is InChI=1S/C17H22N2O2/c1-11(2)19-16(20)10-21-17-14(12(3)18)9-8-13-6-4-5-7-15(13)17/h4-9,11-12H,10,18H2,1-3H3,(H,19,20). The van der Waals surface area contributed by atoms with E-state index in [1.54, 1.807) is 0 Å². The predicted molar refractivity (Wildman–Crippen MR) is 85.3 cm³/mol. The van der Waals surface area contributed by atoms with Crippen LogP contribution in [-0.2, 0) is 4.79 Å². The van der Waals surface area contributed by atoms with E-state index in [0.717, 1.165) is 16.3 Å². The quantitative estimate of drug-likeness (QED) is 0.888. The first-order valence-electron chi connectivity index (χ1n) is 7.18. The third-order valence-corrected chi connectivity index (χ3v) is 3.20. The third kappa shape index (κ3) is 3.73. The van der Waals surface area contributed by atoms with Gasteiger partial charge in [0.2, 0.25) is 0 Å². The molecule has 0 fully saturated rings. The predicted octanol–water partition coefficient (Wildman–Crippen LogP) is 2.76. The molecule has 1 amide bonds. The summed E-state index contributed by atoms with van der Waals surface area (Å²) in [6.45, 7) is 5.74. The summed E-state index contributed by atoms with van der Waals surface area (Å²) in [4.78, 5) is 11.8. The smallest absolute Gasteiger partial charge is 0.258 e. The number of carbonyl (C=O) groups excluding carboxylic acids is 1. The van der Waals surface area contributed by atoms with E-state index in [1.807, 2.05) is 57.2 Å². The molecule has 0 bridgehead atoms. The lowest BCUT2D eigenvalue weighted by atomic mass is 10.0. The van der Waals surface area contributed by atoms with Crippen molar-refractivity contribution in [3.05, 3.63) is 42.0 Å². The second-order valence-electron chi connectivity index (χ2n) is 5.50. The Morgan fingerprint density at radius 3 is 2.57 bits per heavy atom. The fraction of sp³-hybridized carbons (Fsp3) is 0.353. The molecule has 1 unspecified atom stereocenters. The Balaban J connectivity index is 2.31. The Bertz CT molecular complexity index is 636. The molecule has 4 heteroatoms. The molecule has 0 aliphatic rings.